The first-order valence-electron chi connectivity index (χ1n) is 8.21. The smallest absolute Gasteiger partial charge is 0.407 e. The fraction of sp³-hybridized carbons (Fsp3) is 0.625. The molecule has 1 amide bonds. The summed E-state index contributed by atoms with van der Waals surface area (Å²) in [5.74, 6) is -1.33. The maximum absolute atomic E-state index is 11.6. The quantitative estimate of drug-likeness (QED) is 0.743. The number of carboxylic acids is 1. The molecule has 1 aliphatic rings. The first-order chi connectivity index (χ1) is 11.8. The van der Waals surface area contributed by atoms with Gasteiger partial charge in [-0.05, 0) is 33.6 Å². The third-order valence-corrected chi connectivity index (χ3v) is 3.38. The highest BCUT2D eigenvalue weighted by atomic mass is 16.6. The van der Waals surface area contributed by atoms with Crippen molar-refractivity contribution in [3.8, 4) is 5.88 Å². The van der Waals surface area contributed by atoms with Crippen LogP contribution in [-0.4, -0.2) is 59.0 Å². The topological polar surface area (TPSA) is 114 Å². The van der Waals surface area contributed by atoms with E-state index in [4.69, 9.17) is 14.6 Å². The normalized spacial score (nSPS) is 14.3. The molecule has 0 atom stereocenters. The summed E-state index contributed by atoms with van der Waals surface area (Å²) >= 11 is 0. The number of anilines is 1. The van der Waals surface area contributed by atoms with E-state index in [1.54, 1.807) is 20.8 Å². The lowest BCUT2D eigenvalue weighted by atomic mass is 10.2. The molecule has 9 heteroatoms. The Morgan fingerprint density at radius 2 is 2.00 bits per heavy atom. The maximum Gasteiger partial charge on any atom is 0.407 e. The van der Waals surface area contributed by atoms with Crippen LogP contribution in [0.1, 0.15) is 44.2 Å². The molecule has 2 heterocycles. The number of carbonyl (C=O) groups is 2. The van der Waals surface area contributed by atoms with Gasteiger partial charge in [-0.1, -0.05) is 0 Å². The van der Waals surface area contributed by atoms with E-state index in [0.717, 1.165) is 25.9 Å². The van der Waals surface area contributed by atoms with Crippen molar-refractivity contribution in [1.29, 1.82) is 0 Å². The van der Waals surface area contributed by atoms with Gasteiger partial charge in [0.25, 0.3) is 0 Å². The highest BCUT2D eigenvalue weighted by Crippen LogP contribution is 2.28. The molecular weight excluding hydrogens is 328 g/mol. The molecule has 1 saturated heterocycles. The van der Waals surface area contributed by atoms with Gasteiger partial charge in [-0.25, -0.2) is 14.6 Å². The third kappa shape index (κ3) is 5.77. The van der Waals surface area contributed by atoms with Gasteiger partial charge in [-0.3, -0.25) is 0 Å². The monoisotopic (exact) mass is 352 g/mol. The van der Waals surface area contributed by atoms with Gasteiger partial charge in [0.15, 0.2) is 0 Å². The van der Waals surface area contributed by atoms with Crippen LogP contribution < -0.4 is 15.0 Å². The van der Waals surface area contributed by atoms with Crippen LogP contribution >= 0.6 is 0 Å². The van der Waals surface area contributed by atoms with Gasteiger partial charge >= 0.3 is 12.1 Å². The van der Waals surface area contributed by atoms with E-state index in [-0.39, 0.29) is 24.9 Å². The van der Waals surface area contributed by atoms with Crippen molar-refractivity contribution in [2.45, 2.75) is 39.2 Å². The van der Waals surface area contributed by atoms with E-state index in [1.807, 2.05) is 0 Å². The van der Waals surface area contributed by atoms with E-state index in [0.29, 0.717) is 5.69 Å². The van der Waals surface area contributed by atoms with Gasteiger partial charge < -0.3 is 24.8 Å². The summed E-state index contributed by atoms with van der Waals surface area (Å²) in [4.78, 5) is 32.5. The molecule has 0 aromatic carbocycles. The Labute approximate surface area is 146 Å². The van der Waals surface area contributed by atoms with Crippen molar-refractivity contribution in [2.24, 2.45) is 0 Å². The van der Waals surface area contributed by atoms with Crippen molar-refractivity contribution in [3.05, 3.63) is 12.0 Å². The highest BCUT2D eigenvalue weighted by molar-refractivity contribution is 5.83. The Morgan fingerprint density at radius 3 is 2.60 bits per heavy atom. The second-order valence-corrected chi connectivity index (χ2v) is 6.66. The highest BCUT2D eigenvalue weighted by Gasteiger charge is 2.21. The zero-order chi connectivity index (χ0) is 18.4. The molecule has 0 radical (unpaired) electrons. The summed E-state index contributed by atoms with van der Waals surface area (Å²) in [7, 11) is 0. The Balaban J connectivity index is 1.96. The average Bonchev–Trinajstić information content (AvgIpc) is 3.03. The van der Waals surface area contributed by atoms with Crippen LogP contribution in [0.15, 0.2) is 6.20 Å². The third-order valence-electron chi connectivity index (χ3n) is 3.38. The molecule has 0 aliphatic carbocycles. The number of ether oxygens (including phenoxy) is 2. The number of hydrogen-bond donors (Lipinski definition) is 2. The molecule has 0 bridgehead atoms. The molecule has 138 valence electrons. The fourth-order valence-electron chi connectivity index (χ4n) is 2.36. The van der Waals surface area contributed by atoms with Crippen molar-refractivity contribution in [3.63, 3.8) is 0 Å². The molecule has 1 aliphatic heterocycles. The van der Waals surface area contributed by atoms with Crippen LogP contribution in [0.3, 0.4) is 0 Å². The Bertz CT molecular complexity index is 623. The number of nitrogens with one attached hydrogen (secondary N) is 1. The van der Waals surface area contributed by atoms with Gasteiger partial charge in [-0.15, -0.1) is 0 Å². The predicted octanol–water partition coefficient (Wildman–Crippen LogP) is 1.68. The summed E-state index contributed by atoms with van der Waals surface area (Å²) in [6.45, 7) is 7.38. The fourth-order valence-corrected chi connectivity index (χ4v) is 2.36. The van der Waals surface area contributed by atoms with E-state index in [2.05, 4.69) is 20.2 Å². The second kappa shape index (κ2) is 8.00. The van der Waals surface area contributed by atoms with Gasteiger partial charge in [0.05, 0.1) is 12.7 Å². The SMILES string of the molecule is CC(C)(C)OC(=O)NCCOc1nc(C(=O)O)ncc1N1CCCC1. The molecule has 0 unspecified atom stereocenters. The number of nitrogens with zero attached hydrogens (tertiary/aromatic N) is 3. The summed E-state index contributed by atoms with van der Waals surface area (Å²) in [5.41, 5.74) is 0.0939. The first-order valence-corrected chi connectivity index (χ1v) is 8.21. The molecule has 1 aromatic heterocycles. The van der Waals surface area contributed by atoms with Gasteiger partial charge in [0.1, 0.15) is 17.9 Å². The van der Waals surface area contributed by atoms with E-state index < -0.39 is 17.7 Å². The molecule has 2 rings (SSSR count). The zero-order valence-corrected chi connectivity index (χ0v) is 14.7. The Morgan fingerprint density at radius 1 is 1.32 bits per heavy atom. The van der Waals surface area contributed by atoms with Crippen molar-refractivity contribution >= 4 is 17.7 Å². The lowest BCUT2D eigenvalue weighted by Gasteiger charge is -2.21. The van der Waals surface area contributed by atoms with Crippen molar-refractivity contribution in [2.75, 3.05) is 31.1 Å². The predicted molar refractivity (Wildman–Crippen MR) is 90.2 cm³/mol. The lowest BCUT2D eigenvalue weighted by molar-refractivity contribution is 0.0519. The minimum atomic E-state index is -1.22. The zero-order valence-electron chi connectivity index (χ0n) is 14.7. The summed E-state index contributed by atoms with van der Waals surface area (Å²) < 4.78 is 10.7. The molecule has 0 saturated carbocycles. The number of aromatic carboxylic acids is 1. The van der Waals surface area contributed by atoms with Crippen LogP contribution in [-0.2, 0) is 4.74 Å². The van der Waals surface area contributed by atoms with Crippen molar-refractivity contribution in [1.82, 2.24) is 15.3 Å². The van der Waals surface area contributed by atoms with Crippen molar-refractivity contribution < 1.29 is 24.2 Å². The van der Waals surface area contributed by atoms with E-state index in [1.165, 1.54) is 6.20 Å². The number of hydrogen-bond acceptors (Lipinski definition) is 7. The largest absolute Gasteiger partial charge is 0.475 e. The molecule has 1 fully saturated rings. The van der Waals surface area contributed by atoms with Crippen LogP contribution in [0.2, 0.25) is 0 Å². The summed E-state index contributed by atoms with van der Waals surface area (Å²) in [6, 6.07) is 0. The van der Waals surface area contributed by atoms with Crippen LogP contribution in [0.5, 0.6) is 5.88 Å². The number of rotatable bonds is 6. The Kier molecular flexibility index (Phi) is 6.00. The van der Waals surface area contributed by atoms with Crippen LogP contribution in [0.25, 0.3) is 0 Å². The van der Waals surface area contributed by atoms with Gasteiger partial charge in [0.2, 0.25) is 11.7 Å². The lowest BCUT2D eigenvalue weighted by Crippen LogP contribution is -2.34. The van der Waals surface area contributed by atoms with Crippen LogP contribution in [0, 0.1) is 0 Å². The average molecular weight is 352 g/mol. The maximum atomic E-state index is 11.6. The molecule has 9 nitrogen and oxygen atoms in total. The summed E-state index contributed by atoms with van der Waals surface area (Å²) in [6.07, 6.45) is 3.05. The molecule has 25 heavy (non-hydrogen) atoms. The molecule has 2 N–H and O–H groups in total. The first kappa shape index (κ1) is 18.8. The number of amides is 1. The number of alkyl carbamates (subject to hydrolysis) is 1. The minimum Gasteiger partial charge on any atom is -0.475 e. The number of carbonyl (C=O) groups excluding carboxylic acids is 1. The molecule has 0 spiro atoms. The van der Waals surface area contributed by atoms with Crippen LogP contribution in [0.4, 0.5) is 10.5 Å². The standard InChI is InChI=1S/C16H24N4O5/c1-16(2,3)25-15(23)17-6-9-24-13-11(20-7-4-5-8-20)10-18-12(19-13)14(21)22/h10H,4-9H2,1-3H3,(H,17,23)(H,21,22). The summed E-state index contributed by atoms with van der Waals surface area (Å²) in [5, 5.41) is 11.6. The second-order valence-electron chi connectivity index (χ2n) is 6.66. The van der Waals surface area contributed by atoms with Gasteiger partial charge in [0, 0.05) is 13.1 Å². The minimum absolute atomic E-state index is 0.135. The number of aromatic nitrogens is 2. The number of carboxylic acid groups (broad SMARTS) is 1. The Hall–Kier alpha value is -2.58. The molecular formula is C16H24N4O5. The molecule has 1 aromatic rings. The van der Waals surface area contributed by atoms with Gasteiger partial charge in [-0.2, -0.15) is 4.98 Å². The van der Waals surface area contributed by atoms with E-state index >= 15 is 0 Å². The van der Waals surface area contributed by atoms with E-state index in [9.17, 15) is 9.59 Å².